The van der Waals surface area contributed by atoms with Crippen LogP contribution in [0, 0.1) is 17.6 Å². The zero-order valence-electron chi connectivity index (χ0n) is 7.92. The van der Waals surface area contributed by atoms with Gasteiger partial charge in [0.2, 0.25) is 0 Å². The summed E-state index contributed by atoms with van der Waals surface area (Å²) in [5.41, 5.74) is -0.0791. The Bertz CT molecular complexity index is 471. The van der Waals surface area contributed by atoms with Crippen molar-refractivity contribution < 1.29 is 17.8 Å². The fourth-order valence-electron chi connectivity index (χ4n) is 1.63. The average molecular weight is 230 g/mol. The van der Waals surface area contributed by atoms with Crippen LogP contribution in [-0.2, 0) is 10.8 Å². The summed E-state index contributed by atoms with van der Waals surface area (Å²) < 4.78 is 37.8. The van der Waals surface area contributed by atoms with E-state index in [-0.39, 0.29) is 22.0 Å². The molecule has 2 rings (SSSR count). The molecular weight excluding hydrogens is 222 g/mol. The molecule has 0 radical (unpaired) electrons. The van der Waals surface area contributed by atoms with Gasteiger partial charge in [0.1, 0.15) is 11.6 Å². The van der Waals surface area contributed by atoms with Crippen molar-refractivity contribution in [2.45, 2.75) is 11.8 Å². The molecule has 1 aliphatic rings. The second kappa shape index (κ2) is 3.48. The van der Waals surface area contributed by atoms with Gasteiger partial charge >= 0.3 is 0 Å². The van der Waals surface area contributed by atoms with Crippen LogP contribution >= 0.6 is 0 Å². The van der Waals surface area contributed by atoms with Gasteiger partial charge in [-0.15, -0.1) is 0 Å². The first-order chi connectivity index (χ1) is 7.00. The first-order valence-corrected chi connectivity index (χ1v) is 5.74. The summed E-state index contributed by atoms with van der Waals surface area (Å²) in [5, 5.41) is 0. The van der Waals surface area contributed by atoms with Crippen LogP contribution in [0.1, 0.15) is 17.3 Å². The topological polar surface area (TPSA) is 34.1 Å². The van der Waals surface area contributed by atoms with Crippen LogP contribution in [0.2, 0.25) is 0 Å². The van der Waals surface area contributed by atoms with Crippen LogP contribution in [0.4, 0.5) is 8.78 Å². The SMILES string of the molecule is CC1CS(=O)c2c(F)cc(F)cc2C1=O. The number of rotatable bonds is 0. The number of carbonyl (C=O) groups is 1. The molecule has 1 aliphatic heterocycles. The maximum Gasteiger partial charge on any atom is 0.168 e. The second-order valence-corrected chi connectivity index (χ2v) is 4.97. The van der Waals surface area contributed by atoms with Gasteiger partial charge in [-0.25, -0.2) is 8.78 Å². The van der Waals surface area contributed by atoms with Crippen LogP contribution in [0.3, 0.4) is 0 Å². The minimum absolute atomic E-state index is 0.0791. The van der Waals surface area contributed by atoms with E-state index in [0.29, 0.717) is 6.07 Å². The largest absolute Gasteiger partial charge is 0.294 e. The molecule has 0 aromatic heterocycles. The van der Waals surface area contributed by atoms with Crippen molar-refractivity contribution in [2.24, 2.45) is 5.92 Å². The highest BCUT2D eigenvalue weighted by molar-refractivity contribution is 7.85. The van der Waals surface area contributed by atoms with Crippen molar-refractivity contribution >= 4 is 16.6 Å². The summed E-state index contributed by atoms with van der Waals surface area (Å²) in [6, 6.07) is 1.61. The molecule has 1 heterocycles. The van der Waals surface area contributed by atoms with Crippen molar-refractivity contribution in [2.75, 3.05) is 5.75 Å². The van der Waals surface area contributed by atoms with E-state index >= 15 is 0 Å². The predicted octanol–water partition coefficient (Wildman–Crippen LogP) is 1.90. The molecule has 0 amide bonds. The molecule has 1 aromatic rings. The smallest absolute Gasteiger partial charge is 0.168 e. The van der Waals surface area contributed by atoms with E-state index in [1.165, 1.54) is 0 Å². The molecule has 1 aromatic carbocycles. The van der Waals surface area contributed by atoms with Crippen molar-refractivity contribution in [3.05, 3.63) is 29.3 Å². The lowest BCUT2D eigenvalue weighted by Crippen LogP contribution is -2.27. The Kier molecular flexibility index (Phi) is 2.42. The van der Waals surface area contributed by atoms with Crippen molar-refractivity contribution in [3.8, 4) is 0 Å². The Balaban J connectivity index is 2.71. The number of Topliss-reactive ketones (excluding diaryl/α,β-unsaturated/α-hetero) is 1. The molecule has 2 unspecified atom stereocenters. The molecule has 0 saturated carbocycles. The zero-order valence-corrected chi connectivity index (χ0v) is 8.74. The number of carbonyl (C=O) groups excluding carboxylic acids is 1. The molecular formula is C10H8F2O2S. The third kappa shape index (κ3) is 1.61. The van der Waals surface area contributed by atoms with E-state index in [1.807, 2.05) is 0 Å². The van der Waals surface area contributed by atoms with Gasteiger partial charge < -0.3 is 0 Å². The molecule has 0 N–H and O–H groups in total. The molecule has 0 fully saturated rings. The second-order valence-electron chi connectivity index (χ2n) is 3.54. The van der Waals surface area contributed by atoms with Crippen molar-refractivity contribution in [3.63, 3.8) is 0 Å². The molecule has 5 heteroatoms. The number of benzene rings is 1. The van der Waals surface area contributed by atoms with E-state index < -0.39 is 28.4 Å². The Morgan fingerprint density at radius 3 is 2.73 bits per heavy atom. The summed E-state index contributed by atoms with van der Waals surface area (Å²) in [6.07, 6.45) is 0. The van der Waals surface area contributed by atoms with Crippen LogP contribution in [0.25, 0.3) is 0 Å². The number of halogens is 2. The fourth-order valence-corrected chi connectivity index (χ4v) is 3.08. The van der Waals surface area contributed by atoms with Crippen LogP contribution in [-0.4, -0.2) is 15.7 Å². The fraction of sp³-hybridized carbons (Fsp3) is 0.300. The first kappa shape index (κ1) is 10.4. The molecule has 0 saturated heterocycles. The lowest BCUT2D eigenvalue weighted by molar-refractivity contribution is 0.0933. The number of ketones is 1. The molecule has 80 valence electrons. The van der Waals surface area contributed by atoms with Crippen molar-refractivity contribution in [1.29, 1.82) is 0 Å². The van der Waals surface area contributed by atoms with Gasteiger partial charge in [-0.1, -0.05) is 6.92 Å². The number of hydrogen-bond acceptors (Lipinski definition) is 2. The number of hydrogen-bond donors (Lipinski definition) is 0. The highest BCUT2D eigenvalue weighted by Crippen LogP contribution is 2.28. The number of fused-ring (bicyclic) bond motifs is 1. The van der Waals surface area contributed by atoms with Gasteiger partial charge in [-0.05, 0) is 6.07 Å². The quantitative estimate of drug-likeness (QED) is 0.682. The van der Waals surface area contributed by atoms with Gasteiger partial charge in [0.25, 0.3) is 0 Å². The van der Waals surface area contributed by atoms with E-state index in [2.05, 4.69) is 0 Å². The zero-order chi connectivity index (χ0) is 11.2. The molecule has 2 nitrogen and oxygen atoms in total. The lowest BCUT2D eigenvalue weighted by Gasteiger charge is -2.19. The maximum atomic E-state index is 13.3. The van der Waals surface area contributed by atoms with Gasteiger partial charge in [0.15, 0.2) is 5.78 Å². The first-order valence-electron chi connectivity index (χ1n) is 4.42. The highest BCUT2D eigenvalue weighted by Gasteiger charge is 2.31. The minimum Gasteiger partial charge on any atom is -0.294 e. The normalized spacial score (nSPS) is 25.1. The van der Waals surface area contributed by atoms with Crippen molar-refractivity contribution in [1.82, 2.24) is 0 Å². The van der Waals surface area contributed by atoms with E-state index in [1.54, 1.807) is 6.92 Å². The summed E-state index contributed by atoms with van der Waals surface area (Å²) in [5.74, 6) is -2.40. The predicted molar refractivity (Wildman–Crippen MR) is 51.1 cm³/mol. The van der Waals surface area contributed by atoms with Crippen LogP contribution in [0.15, 0.2) is 17.0 Å². The summed E-state index contributed by atoms with van der Waals surface area (Å²) >= 11 is 0. The molecule has 0 bridgehead atoms. The monoisotopic (exact) mass is 230 g/mol. The van der Waals surface area contributed by atoms with Crippen LogP contribution < -0.4 is 0 Å². The summed E-state index contributed by atoms with van der Waals surface area (Å²) in [6.45, 7) is 1.60. The highest BCUT2D eigenvalue weighted by atomic mass is 32.2. The Morgan fingerprint density at radius 1 is 1.40 bits per heavy atom. The average Bonchev–Trinajstić information content (AvgIpc) is 2.12. The molecule has 0 aliphatic carbocycles. The third-order valence-corrected chi connectivity index (χ3v) is 4.02. The maximum absolute atomic E-state index is 13.3. The van der Waals surface area contributed by atoms with E-state index in [0.717, 1.165) is 6.07 Å². The molecule has 2 atom stereocenters. The standard InChI is InChI=1S/C10H8F2O2S/c1-5-4-15(14)10-7(9(5)13)2-6(11)3-8(10)12/h2-3,5H,4H2,1H3. The minimum atomic E-state index is -1.55. The Labute approximate surface area is 87.8 Å². The van der Waals surface area contributed by atoms with E-state index in [9.17, 15) is 17.8 Å². The van der Waals surface area contributed by atoms with Crippen LogP contribution in [0.5, 0.6) is 0 Å². The van der Waals surface area contributed by atoms with Gasteiger partial charge in [-0.2, -0.15) is 0 Å². The molecule has 0 spiro atoms. The molecule has 15 heavy (non-hydrogen) atoms. The van der Waals surface area contributed by atoms with E-state index in [4.69, 9.17) is 0 Å². The van der Waals surface area contributed by atoms with Gasteiger partial charge in [0, 0.05) is 23.3 Å². The third-order valence-electron chi connectivity index (χ3n) is 2.35. The lowest BCUT2D eigenvalue weighted by atomic mass is 10.00. The van der Waals surface area contributed by atoms with Gasteiger partial charge in [-0.3, -0.25) is 9.00 Å². The Morgan fingerprint density at radius 2 is 2.07 bits per heavy atom. The summed E-state index contributed by atoms with van der Waals surface area (Å²) in [4.78, 5) is 11.4. The summed E-state index contributed by atoms with van der Waals surface area (Å²) in [7, 11) is -1.55. The van der Waals surface area contributed by atoms with Gasteiger partial charge in [0.05, 0.1) is 15.7 Å². The Hall–Kier alpha value is -1.10.